The van der Waals surface area contributed by atoms with Gasteiger partial charge in [0.05, 0.1) is 12.1 Å². The third-order valence-electron chi connectivity index (χ3n) is 6.07. The number of ether oxygens (including phenoxy) is 1. The van der Waals surface area contributed by atoms with Crippen molar-refractivity contribution in [3.05, 3.63) is 65.7 Å². The van der Waals surface area contributed by atoms with E-state index in [4.69, 9.17) is 15.5 Å². The Balaban J connectivity index is 1.64. The number of rotatable bonds is 8. The number of aliphatic imine (C=N–C) groups is 1. The van der Waals surface area contributed by atoms with Crippen molar-refractivity contribution in [2.24, 2.45) is 21.6 Å². The molecular formula is C24H24N4OS2. The minimum atomic E-state index is -1.08. The fraction of sp³-hybridized carbons (Fsp3) is 0.375. The maximum atomic E-state index is 10.4. The Morgan fingerprint density at radius 3 is 2.19 bits per heavy atom. The highest BCUT2D eigenvalue weighted by Gasteiger charge is 2.91. The molecule has 0 amide bonds. The van der Waals surface area contributed by atoms with E-state index in [1.807, 2.05) is 68.4 Å². The third kappa shape index (κ3) is 2.95. The number of thioether (sulfide) groups is 2. The van der Waals surface area contributed by atoms with E-state index in [0.29, 0.717) is 6.61 Å². The second kappa shape index (κ2) is 8.15. The van der Waals surface area contributed by atoms with Crippen LogP contribution in [-0.2, 0) is 6.61 Å². The van der Waals surface area contributed by atoms with Crippen molar-refractivity contribution in [1.82, 2.24) is 0 Å². The van der Waals surface area contributed by atoms with Gasteiger partial charge in [-0.2, -0.15) is 10.5 Å². The van der Waals surface area contributed by atoms with Crippen LogP contribution in [0.15, 0.2) is 59.6 Å². The lowest BCUT2D eigenvalue weighted by Gasteiger charge is -2.31. The van der Waals surface area contributed by atoms with Crippen molar-refractivity contribution in [1.29, 1.82) is 10.5 Å². The SMILES string of the molecule is CCSC1(SCC)N=C(N)C2(C#N)C(c3ccc(OCc4ccccc4)cc3)C12C#N. The standard InChI is InChI=1S/C24H24N4OS2/c1-3-30-24(31-4-2)23(16-26)20(22(23,15-25)21(27)28-24)18-10-12-19(13-11-18)29-14-17-8-6-5-7-9-17/h5-13,20H,3-4,14H2,1-2H3,(H2,27,28). The summed E-state index contributed by atoms with van der Waals surface area (Å²) in [6.45, 7) is 4.57. The van der Waals surface area contributed by atoms with Gasteiger partial charge in [0.2, 0.25) is 0 Å². The van der Waals surface area contributed by atoms with Gasteiger partial charge >= 0.3 is 0 Å². The highest BCUT2D eigenvalue weighted by molar-refractivity contribution is 8.18. The Morgan fingerprint density at radius 1 is 1.00 bits per heavy atom. The molecule has 0 radical (unpaired) electrons. The van der Waals surface area contributed by atoms with Gasteiger partial charge in [-0.1, -0.05) is 56.3 Å². The highest BCUT2D eigenvalue weighted by atomic mass is 32.2. The van der Waals surface area contributed by atoms with Gasteiger partial charge in [0.25, 0.3) is 0 Å². The van der Waals surface area contributed by atoms with Crippen LogP contribution >= 0.6 is 23.5 Å². The molecule has 1 heterocycles. The molecule has 1 aliphatic carbocycles. The number of nitrogens with zero attached hydrogens (tertiary/aromatic N) is 3. The van der Waals surface area contributed by atoms with Crippen molar-refractivity contribution < 1.29 is 4.74 Å². The van der Waals surface area contributed by atoms with Crippen LogP contribution in [0.2, 0.25) is 0 Å². The molecule has 1 aliphatic heterocycles. The Bertz CT molecular complexity index is 1070. The zero-order valence-electron chi connectivity index (χ0n) is 17.5. The number of hydrogen-bond donors (Lipinski definition) is 1. The predicted molar refractivity (Wildman–Crippen MR) is 127 cm³/mol. The maximum absolute atomic E-state index is 10.4. The lowest BCUT2D eigenvalue weighted by atomic mass is 9.97. The zero-order chi connectivity index (χ0) is 22.1. The molecule has 5 nitrogen and oxygen atoms in total. The summed E-state index contributed by atoms with van der Waals surface area (Å²) in [5.41, 5.74) is 6.31. The molecule has 1 saturated carbocycles. The van der Waals surface area contributed by atoms with Gasteiger partial charge in [-0.15, -0.1) is 23.5 Å². The molecule has 2 aliphatic rings. The first kappa shape index (κ1) is 21.6. The van der Waals surface area contributed by atoms with Crippen molar-refractivity contribution >= 4 is 29.4 Å². The van der Waals surface area contributed by atoms with E-state index in [-0.39, 0.29) is 11.8 Å². The second-order valence-electron chi connectivity index (χ2n) is 7.56. The number of fused-ring (bicyclic) bond motifs is 1. The van der Waals surface area contributed by atoms with Crippen molar-refractivity contribution in [2.45, 2.75) is 30.6 Å². The number of benzene rings is 2. The minimum Gasteiger partial charge on any atom is -0.489 e. The lowest BCUT2D eigenvalue weighted by molar-refractivity contribution is 0.306. The first-order valence-corrected chi connectivity index (χ1v) is 12.2. The van der Waals surface area contributed by atoms with E-state index in [0.717, 1.165) is 28.4 Å². The van der Waals surface area contributed by atoms with Gasteiger partial charge in [-0.3, -0.25) is 0 Å². The minimum absolute atomic E-state index is 0.285. The number of hydrogen-bond acceptors (Lipinski definition) is 7. The predicted octanol–water partition coefficient (Wildman–Crippen LogP) is 4.91. The molecule has 0 bridgehead atoms. The fourth-order valence-electron chi connectivity index (χ4n) is 4.75. The fourth-order valence-corrected chi connectivity index (χ4v) is 8.00. The van der Waals surface area contributed by atoms with E-state index < -0.39 is 15.0 Å². The van der Waals surface area contributed by atoms with Crippen molar-refractivity contribution in [2.75, 3.05) is 11.5 Å². The molecule has 0 spiro atoms. The maximum Gasteiger partial charge on any atom is 0.175 e. The van der Waals surface area contributed by atoms with E-state index in [9.17, 15) is 10.5 Å². The Labute approximate surface area is 191 Å². The Hall–Kier alpha value is -2.61. The van der Waals surface area contributed by atoms with E-state index in [1.54, 1.807) is 23.5 Å². The Morgan fingerprint density at radius 2 is 1.65 bits per heavy atom. The summed E-state index contributed by atoms with van der Waals surface area (Å²) in [5, 5.41) is 20.6. The molecule has 3 unspecified atom stereocenters. The Kier molecular flexibility index (Phi) is 5.68. The van der Waals surface area contributed by atoms with Crippen LogP contribution in [0, 0.1) is 33.5 Å². The topological polar surface area (TPSA) is 95.2 Å². The van der Waals surface area contributed by atoms with Crippen LogP contribution in [0.3, 0.4) is 0 Å². The van der Waals surface area contributed by atoms with Gasteiger partial charge in [0, 0.05) is 5.92 Å². The van der Waals surface area contributed by atoms with Gasteiger partial charge in [-0.05, 0) is 34.8 Å². The number of amidine groups is 1. The molecule has 2 aromatic rings. The molecule has 0 saturated heterocycles. The molecule has 0 aromatic heterocycles. The number of nitriles is 2. The first-order valence-electron chi connectivity index (χ1n) is 10.3. The van der Waals surface area contributed by atoms with E-state index >= 15 is 0 Å². The molecular weight excluding hydrogens is 424 g/mol. The largest absolute Gasteiger partial charge is 0.489 e. The molecule has 2 N–H and O–H groups in total. The summed E-state index contributed by atoms with van der Waals surface area (Å²) in [5.74, 6) is 2.29. The van der Waals surface area contributed by atoms with Crippen LogP contribution in [0.5, 0.6) is 5.75 Å². The van der Waals surface area contributed by atoms with Crippen LogP contribution < -0.4 is 10.5 Å². The molecule has 31 heavy (non-hydrogen) atoms. The summed E-state index contributed by atoms with van der Waals surface area (Å²) < 4.78 is 5.13. The lowest BCUT2D eigenvalue weighted by Crippen LogP contribution is -2.31. The normalized spacial score (nSPS) is 27.5. The molecule has 1 fully saturated rings. The van der Waals surface area contributed by atoms with Crippen LogP contribution in [0.1, 0.15) is 30.9 Å². The number of nitrogens with two attached hydrogens (primary N) is 1. The highest BCUT2D eigenvalue weighted by Crippen LogP contribution is 2.85. The first-order chi connectivity index (χ1) is 15.0. The van der Waals surface area contributed by atoms with Gasteiger partial charge < -0.3 is 10.5 Å². The van der Waals surface area contributed by atoms with Gasteiger partial charge in [-0.25, -0.2) is 4.99 Å². The van der Waals surface area contributed by atoms with Crippen LogP contribution in [-0.4, -0.2) is 21.5 Å². The zero-order valence-corrected chi connectivity index (χ0v) is 19.2. The van der Waals surface area contributed by atoms with E-state index in [2.05, 4.69) is 12.1 Å². The van der Waals surface area contributed by atoms with Crippen LogP contribution in [0.4, 0.5) is 0 Å². The van der Waals surface area contributed by atoms with Gasteiger partial charge in [0.15, 0.2) is 4.20 Å². The van der Waals surface area contributed by atoms with Gasteiger partial charge in [0.1, 0.15) is 29.0 Å². The van der Waals surface area contributed by atoms with E-state index in [1.165, 1.54) is 0 Å². The summed E-state index contributed by atoms with van der Waals surface area (Å²) in [4.78, 5) is 4.72. The summed E-state index contributed by atoms with van der Waals surface area (Å²) in [6, 6.07) is 22.6. The monoisotopic (exact) mass is 448 g/mol. The summed E-state index contributed by atoms with van der Waals surface area (Å²) in [6.07, 6.45) is 0. The third-order valence-corrected chi connectivity index (χ3v) is 8.96. The smallest absolute Gasteiger partial charge is 0.175 e. The van der Waals surface area contributed by atoms with Crippen molar-refractivity contribution in [3.8, 4) is 17.9 Å². The average Bonchev–Trinajstić information content (AvgIpc) is 3.38. The molecule has 4 rings (SSSR count). The second-order valence-corrected chi connectivity index (χ2v) is 10.7. The summed E-state index contributed by atoms with van der Waals surface area (Å²) in [7, 11) is 0. The summed E-state index contributed by atoms with van der Waals surface area (Å²) >= 11 is 3.21. The molecule has 158 valence electrons. The molecule has 3 atom stereocenters. The van der Waals surface area contributed by atoms with Crippen LogP contribution in [0.25, 0.3) is 0 Å². The molecule has 7 heteroatoms. The average molecular weight is 449 g/mol. The molecule has 2 aromatic carbocycles. The quantitative estimate of drug-likeness (QED) is 0.576. The van der Waals surface area contributed by atoms with Crippen molar-refractivity contribution in [3.63, 3.8) is 0 Å².